The van der Waals surface area contributed by atoms with Crippen LogP contribution in [0.2, 0.25) is 0 Å². The Morgan fingerprint density at radius 1 is 1.09 bits per heavy atom. The van der Waals surface area contributed by atoms with Crippen LogP contribution < -0.4 is 5.32 Å². The first-order valence-electron chi connectivity index (χ1n) is 10.5. The van der Waals surface area contributed by atoms with E-state index in [1.807, 2.05) is 18.2 Å². The van der Waals surface area contributed by atoms with E-state index in [2.05, 4.69) is 32.2 Å². The molecule has 1 saturated heterocycles. The Morgan fingerprint density at radius 3 is 2.75 bits per heavy atom. The van der Waals surface area contributed by atoms with Crippen molar-refractivity contribution in [3.63, 3.8) is 0 Å². The molecule has 162 valence electrons. The molecule has 1 aliphatic rings. The Labute approximate surface area is 184 Å². The number of anilines is 1. The molecule has 0 radical (unpaired) electrons. The van der Waals surface area contributed by atoms with E-state index in [-0.39, 0.29) is 17.5 Å². The number of halogens is 1. The van der Waals surface area contributed by atoms with Crippen molar-refractivity contribution in [2.24, 2.45) is 0 Å². The predicted octanol–water partition coefficient (Wildman–Crippen LogP) is 4.49. The van der Waals surface area contributed by atoms with Crippen LogP contribution in [0.3, 0.4) is 0 Å². The lowest BCUT2D eigenvalue weighted by atomic mass is 9.97. The normalized spacial score (nSPS) is 15.2. The summed E-state index contributed by atoms with van der Waals surface area (Å²) in [6.45, 7) is 1.98. The highest BCUT2D eigenvalue weighted by atomic mass is 19.1. The molecule has 0 bridgehead atoms. The van der Waals surface area contributed by atoms with Crippen LogP contribution in [-0.4, -0.2) is 45.9 Å². The SMILES string of the molecule is CN1CCC(c2nc(C(=O)Nc3cc4cc(-c5cncc(F)c5)ccc4cn3)co2)CC1. The molecule has 1 N–H and O–H groups in total. The van der Waals surface area contributed by atoms with Crippen molar-refractivity contribution in [3.05, 3.63) is 72.6 Å². The molecule has 32 heavy (non-hydrogen) atoms. The van der Waals surface area contributed by atoms with E-state index in [1.54, 1.807) is 18.5 Å². The third-order valence-electron chi connectivity index (χ3n) is 5.82. The maximum atomic E-state index is 13.5. The van der Waals surface area contributed by atoms with Gasteiger partial charge in [0.1, 0.15) is 17.9 Å². The fourth-order valence-electron chi connectivity index (χ4n) is 3.97. The molecule has 0 saturated carbocycles. The van der Waals surface area contributed by atoms with Crippen molar-refractivity contribution in [2.75, 3.05) is 25.5 Å². The number of aromatic nitrogens is 3. The number of benzene rings is 1. The number of pyridine rings is 2. The number of rotatable bonds is 4. The van der Waals surface area contributed by atoms with Gasteiger partial charge in [0, 0.05) is 29.3 Å². The van der Waals surface area contributed by atoms with Gasteiger partial charge in [-0.25, -0.2) is 14.4 Å². The minimum atomic E-state index is -0.391. The number of amides is 1. The van der Waals surface area contributed by atoms with E-state index in [1.165, 1.54) is 18.5 Å². The molecule has 0 spiro atoms. The van der Waals surface area contributed by atoms with Crippen LogP contribution in [-0.2, 0) is 0 Å². The summed E-state index contributed by atoms with van der Waals surface area (Å²) in [5.74, 6) is 0.494. The van der Waals surface area contributed by atoms with Gasteiger partial charge in [-0.15, -0.1) is 0 Å². The lowest BCUT2D eigenvalue weighted by molar-refractivity contribution is 0.102. The summed E-state index contributed by atoms with van der Waals surface area (Å²) < 4.78 is 19.1. The zero-order chi connectivity index (χ0) is 22.1. The highest BCUT2D eigenvalue weighted by Crippen LogP contribution is 2.28. The quantitative estimate of drug-likeness (QED) is 0.513. The van der Waals surface area contributed by atoms with Crippen LogP contribution in [0.25, 0.3) is 21.9 Å². The number of likely N-dealkylation sites (tertiary alicyclic amines) is 1. The number of oxazole rings is 1. The Balaban J connectivity index is 1.34. The second-order valence-corrected chi connectivity index (χ2v) is 8.13. The maximum absolute atomic E-state index is 13.5. The fourth-order valence-corrected chi connectivity index (χ4v) is 3.97. The van der Waals surface area contributed by atoms with E-state index in [0.29, 0.717) is 17.3 Å². The summed E-state index contributed by atoms with van der Waals surface area (Å²) in [5, 5.41) is 4.56. The zero-order valence-electron chi connectivity index (χ0n) is 17.6. The summed E-state index contributed by atoms with van der Waals surface area (Å²) in [6.07, 6.45) is 7.80. The molecule has 1 amide bonds. The molecule has 1 fully saturated rings. The van der Waals surface area contributed by atoms with E-state index in [0.717, 1.165) is 42.3 Å². The van der Waals surface area contributed by atoms with Crippen molar-refractivity contribution < 1.29 is 13.6 Å². The van der Waals surface area contributed by atoms with Crippen LogP contribution in [0.1, 0.15) is 35.1 Å². The number of carbonyl (C=O) groups excluding carboxylic acids is 1. The number of piperidine rings is 1. The van der Waals surface area contributed by atoms with Gasteiger partial charge in [0.05, 0.1) is 6.20 Å². The topological polar surface area (TPSA) is 84.2 Å². The largest absolute Gasteiger partial charge is 0.448 e. The Morgan fingerprint density at radius 2 is 1.94 bits per heavy atom. The molecular formula is C24H22FN5O2. The van der Waals surface area contributed by atoms with Gasteiger partial charge >= 0.3 is 0 Å². The molecule has 4 heterocycles. The van der Waals surface area contributed by atoms with Gasteiger partial charge in [-0.2, -0.15) is 0 Å². The Bertz CT molecular complexity index is 1280. The minimum absolute atomic E-state index is 0.236. The van der Waals surface area contributed by atoms with E-state index < -0.39 is 5.82 Å². The number of nitrogens with zero attached hydrogens (tertiary/aromatic N) is 4. The van der Waals surface area contributed by atoms with Crippen LogP contribution in [0.5, 0.6) is 0 Å². The van der Waals surface area contributed by atoms with Crippen LogP contribution in [0.4, 0.5) is 10.2 Å². The highest BCUT2D eigenvalue weighted by Gasteiger charge is 2.24. The van der Waals surface area contributed by atoms with Gasteiger partial charge in [0.25, 0.3) is 5.91 Å². The van der Waals surface area contributed by atoms with Gasteiger partial charge in [0.15, 0.2) is 11.6 Å². The molecule has 0 unspecified atom stereocenters. The smallest absolute Gasteiger partial charge is 0.278 e. The van der Waals surface area contributed by atoms with E-state index in [4.69, 9.17) is 4.42 Å². The molecule has 5 rings (SSSR count). The van der Waals surface area contributed by atoms with Crippen molar-refractivity contribution in [1.82, 2.24) is 19.9 Å². The third kappa shape index (κ3) is 4.22. The number of nitrogens with one attached hydrogen (secondary N) is 1. The summed E-state index contributed by atoms with van der Waals surface area (Å²) >= 11 is 0. The lowest BCUT2D eigenvalue weighted by Crippen LogP contribution is -2.29. The van der Waals surface area contributed by atoms with Crippen molar-refractivity contribution in [1.29, 1.82) is 0 Å². The molecule has 4 aromatic rings. The molecule has 0 atom stereocenters. The first kappa shape index (κ1) is 20.3. The monoisotopic (exact) mass is 431 g/mol. The summed E-state index contributed by atoms with van der Waals surface area (Å²) in [4.78, 5) is 27.6. The van der Waals surface area contributed by atoms with E-state index in [9.17, 15) is 9.18 Å². The predicted molar refractivity (Wildman–Crippen MR) is 119 cm³/mol. The highest BCUT2D eigenvalue weighted by molar-refractivity contribution is 6.03. The third-order valence-corrected chi connectivity index (χ3v) is 5.82. The molecule has 7 nitrogen and oxygen atoms in total. The van der Waals surface area contributed by atoms with Crippen LogP contribution in [0.15, 0.2) is 59.6 Å². The summed E-state index contributed by atoms with van der Waals surface area (Å²) in [5.41, 5.74) is 1.74. The van der Waals surface area contributed by atoms with Crippen molar-refractivity contribution >= 4 is 22.5 Å². The van der Waals surface area contributed by atoms with Gasteiger partial charge in [-0.3, -0.25) is 9.78 Å². The Hall–Kier alpha value is -3.65. The first-order chi connectivity index (χ1) is 15.5. The summed E-state index contributed by atoms with van der Waals surface area (Å²) in [7, 11) is 2.10. The number of hydrogen-bond acceptors (Lipinski definition) is 6. The van der Waals surface area contributed by atoms with Gasteiger partial charge in [0.2, 0.25) is 0 Å². The number of fused-ring (bicyclic) bond motifs is 1. The number of carbonyl (C=O) groups is 1. The second-order valence-electron chi connectivity index (χ2n) is 8.13. The van der Waals surface area contributed by atoms with Crippen molar-refractivity contribution in [2.45, 2.75) is 18.8 Å². The van der Waals surface area contributed by atoms with Crippen LogP contribution >= 0.6 is 0 Å². The standard InChI is InChI=1S/C24H22FN5O2/c1-30-6-4-15(5-7-30)24-28-21(14-32-24)23(31)29-22-10-18-8-16(2-3-17(18)12-27-22)19-9-20(25)13-26-11-19/h2-3,8-15H,4-7H2,1H3,(H,27,29,31). The Kier molecular flexibility index (Phi) is 5.36. The lowest BCUT2D eigenvalue weighted by Gasteiger charge is -2.26. The van der Waals surface area contributed by atoms with Crippen LogP contribution in [0, 0.1) is 5.82 Å². The van der Waals surface area contributed by atoms with Crippen molar-refractivity contribution in [3.8, 4) is 11.1 Å². The molecule has 0 aliphatic carbocycles. The zero-order valence-corrected chi connectivity index (χ0v) is 17.6. The molecule has 1 aliphatic heterocycles. The maximum Gasteiger partial charge on any atom is 0.278 e. The minimum Gasteiger partial charge on any atom is -0.448 e. The average molecular weight is 431 g/mol. The molecule has 3 aromatic heterocycles. The molecule has 1 aromatic carbocycles. The fraction of sp³-hybridized carbons (Fsp3) is 0.250. The van der Waals surface area contributed by atoms with Gasteiger partial charge < -0.3 is 14.6 Å². The molecular weight excluding hydrogens is 409 g/mol. The average Bonchev–Trinajstić information content (AvgIpc) is 3.30. The summed E-state index contributed by atoms with van der Waals surface area (Å²) in [6, 6.07) is 8.92. The molecule has 8 heteroatoms. The van der Waals surface area contributed by atoms with E-state index >= 15 is 0 Å². The first-order valence-corrected chi connectivity index (χ1v) is 10.5. The second kappa shape index (κ2) is 8.47. The van der Waals surface area contributed by atoms with Gasteiger partial charge in [-0.1, -0.05) is 12.1 Å². The number of hydrogen-bond donors (Lipinski definition) is 1. The van der Waals surface area contributed by atoms with Gasteiger partial charge in [-0.05, 0) is 62.1 Å².